The van der Waals surface area contributed by atoms with E-state index >= 15 is 0 Å². The maximum absolute atomic E-state index is 12.2. The first-order valence-corrected chi connectivity index (χ1v) is 8.51. The van der Waals surface area contributed by atoms with Gasteiger partial charge in [0.25, 0.3) is 0 Å². The zero-order chi connectivity index (χ0) is 14.3. The maximum Gasteiger partial charge on any atom is 0.317 e. The van der Waals surface area contributed by atoms with Crippen molar-refractivity contribution in [3.05, 3.63) is 0 Å². The zero-order valence-electron chi connectivity index (χ0n) is 11.4. The van der Waals surface area contributed by atoms with Gasteiger partial charge in [-0.25, -0.2) is 13.2 Å². The minimum atomic E-state index is -2.99. The van der Waals surface area contributed by atoms with Gasteiger partial charge in [0, 0.05) is 12.6 Å². The van der Waals surface area contributed by atoms with Gasteiger partial charge in [0.1, 0.15) is 0 Å². The van der Waals surface area contributed by atoms with Crippen LogP contribution in [0.1, 0.15) is 33.1 Å². The van der Waals surface area contributed by atoms with Gasteiger partial charge in [-0.15, -0.1) is 0 Å². The predicted molar refractivity (Wildman–Crippen MR) is 71.6 cm³/mol. The molecule has 2 amide bonds. The number of nitrogens with one attached hydrogen (secondary N) is 1. The van der Waals surface area contributed by atoms with E-state index in [0.717, 1.165) is 12.8 Å². The molecular formula is C12H22N2O4S. The van der Waals surface area contributed by atoms with Crippen molar-refractivity contribution in [2.45, 2.75) is 50.8 Å². The molecule has 0 spiro atoms. The molecule has 2 fully saturated rings. The Kier molecular flexibility index (Phi) is 3.79. The minimum Gasteiger partial charge on any atom is -0.388 e. The summed E-state index contributed by atoms with van der Waals surface area (Å²) in [6.07, 6.45) is 2.13. The summed E-state index contributed by atoms with van der Waals surface area (Å²) >= 11 is 0. The second-order valence-electron chi connectivity index (χ2n) is 6.05. The van der Waals surface area contributed by atoms with E-state index < -0.39 is 15.4 Å². The number of hydrogen-bond donors (Lipinski definition) is 2. The number of hydrogen-bond acceptors (Lipinski definition) is 4. The molecule has 2 aliphatic heterocycles. The SMILES string of the molecule is CC(C)(O)[C@@H]1CCCN1C(=O)N[C@H]1CCS(=O)(=O)C1. The van der Waals surface area contributed by atoms with Gasteiger partial charge in [-0.1, -0.05) is 0 Å². The molecule has 0 aromatic heterocycles. The zero-order valence-corrected chi connectivity index (χ0v) is 12.2. The molecule has 0 saturated carbocycles. The summed E-state index contributed by atoms with van der Waals surface area (Å²) in [5.41, 5.74) is -0.935. The monoisotopic (exact) mass is 290 g/mol. The quantitative estimate of drug-likeness (QED) is 0.756. The molecule has 0 radical (unpaired) electrons. The average Bonchev–Trinajstić information content (AvgIpc) is 2.83. The fourth-order valence-corrected chi connectivity index (χ4v) is 4.58. The van der Waals surface area contributed by atoms with Gasteiger partial charge in [0.05, 0.1) is 23.1 Å². The van der Waals surface area contributed by atoms with Crippen molar-refractivity contribution in [1.29, 1.82) is 0 Å². The lowest BCUT2D eigenvalue weighted by Crippen LogP contribution is -2.53. The van der Waals surface area contributed by atoms with E-state index in [1.54, 1.807) is 18.7 Å². The summed E-state index contributed by atoms with van der Waals surface area (Å²) in [6.45, 7) is 4.01. The van der Waals surface area contributed by atoms with Crippen LogP contribution in [-0.2, 0) is 9.84 Å². The molecule has 19 heavy (non-hydrogen) atoms. The Hall–Kier alpha value is -0.820. The Bertz CT molecular complexity index is 455. The van der Waals surface area contributed by atoms with E-state index in [4.69, 9.17) is 0 Å². The van der Waals surface area contributed by atoms with Gasteiger partial charge in [0.15, 0.2) is 9.84 Å². The van der Waals surface area contributed by atoms with Gasteiger partial charge in [-0.05, 0) is 33.1 Å². The van der Waals surface area contributed by atoms with Gasteiger partial charge in [-0.3, -0.25) is 0 Å². The molecule has 2 aliphatic rings. The Morgan fingerprint density at radius 1 is 1.37 bits per heavy atom. The van der Waals surface area contributed by atoms with Crippen LogP contribution in [0.2, 0.25) is 0 Å². The van der Waals surface area contributed by atoms with Crippen LogP contribution in [0.3, 0.4) is 0 Å². The fourth-order valence-electron chi connectivity index (χ4n) is 2.91. The summed E-state index contributed by atoms with van der Waals surface area (Å²) < 4.78 is 22.7. The molecule has 2 heterocycles. The third-order valence-corrected chi connectivity index (χ3v) is 5.66. The van der Waals surface area contributed by atoms with Crippen molar-refractivity contribution in [2.24, 2.45) is 0 Å². The third kappa shape index (κ3) is 3.39. The van der Waals surface area contributed by atoms with Crippen LogP contribution in [0.5, 0.6) is 0 Å². The summed E-state index contributed by atoms with van der Waals surface area (Å²) in [5, 5.41) is 12.8. The van der Waals surface area contributed by atoms with E-state index in [1.165, 1.54) is 0 Å². The standard InChI is InChI=1S/C12H22N2O4S/c1-12(2,16)10-4-3-6-14(10)11(15)13-9-5-7-19(17,18)8-9/h9-10,16H,3-8H2,1-2H3,(H,13,15)/t9-,10-/m0/s1. The highest BCUT2D eigenvalue weighted by atomic mass is 32.2. The molecule has 110 valence electrons. The fraction of sp³-hybridized carbons (Fsp3) is 0.917. The van der Waals surface area contributed by atoms with Crippen molar-refractivity contribution in [3.63, 3.8) is 0 Å². The average molecular weight is 290 g/mol. The lowest BCUT2D eigenvalue weighted by atomic mass is 9.97. The summed E-state index contributed by atoms with van der Waals surface area (Å²) in [5.74, 6) is 0.173. The highest BCUT2D eigenvalue weighted by Gasteiger charge is 2.39. The number of sulfone groups is 1. The molecule has 0 aromatic carbocycles. The first-order valence-electron chi connectivity index (χ1n) is 6.69. The molecule has 2 rings (SSSR count). The van der Waals surface area contributed by atoms with E-state index in [0.29, 0.717) is 13.0 Å². The number of carbonyl (C=O) groups is 1. The minimum absolute atomic E-state index is 0.0275. The number of aliphatic hydroxyl groups is 1. The number of likely N-dealkylation sites (tertiary alicyclic amines) is 1. The van der Waals surface area contributed by atoms with Crippen LogP contribution in [0.25, 0.3) is 0 Å². The van der Waals surface area contributed by atoms with Crippen molar-refractivity contribution in [1.82, 2.24) is 10.2 Å². The van der Waals surface area contributed by atoms with Crippen LogP contribution >= 0.6 is 0 Å². The number of rotatable bonds is 2. The van der Waals surface area contributed by atoms with Crippen molar-refractivity contribution in [3.8, 4) is 0 Å². The number of carbonyl (C=O) groups excluding carboxylic acids is 1. The van der Waals surface area contributed by atoms with E-state index in [2.05, 4.69) is 5.32 Å². The van der Waals surface area contributed by atoms with Crippen LogP contribution in [0.15, 0.2) is 0 Å². The predicted octanol–water partition coefficient (Wildman–Crippen LogP) is 0.118. The molecule has 2 saturated heterocycles. The van der Waals surface area contributed by atoms with Crippen molar-refractivity contribution >= 4 is 15.9 Å². The van der Waals surface area contributed by atoms with Gasteiger partial charge < -0.3 is 15.3 Å². The highest BCUT2D eigenvalue weighted by molar-refractivity contribution is 7.91. The largest absolute Gasteiger partial charge is 0.388 e. The smallest absolute Gasteiger partial charge is 0.317 e. The molecule has 6 nitrogen and oxygen atoms in total. The van der Waals surface area contributed by atoms with Gasteiger partial charge >= 0.3 is 6.03 Å². The van der Waals surface area contributed by atoms with Crippen LogP contribution in [0, 0.1) is 0 Å². The second-order valence-corrected chi connectivity index (χ2v) is 8.28. The molecule has 2 N–H and O–H groups in total. The molecule has 0 bridgehead atoms. The number of urea groups is 1. The molecule has 0 aliphatic carbocycles. The molecular weight excluding hydrogens is 268 g/mol. The summed E-state index contributed by atoms with van der Waals surface area (Å²) in [7, 11) is -2.99. The Labute approximate surface area is 114 Å². The highest BCUT2D eigenvalue weighted by Crippen LogP contribution is 2.27. The first kappa shape index (κ1) is 14.6. The van der Waals surface area contributed by atoms with Gasteiger partial charge in [0.2, 0.25) is 0 Å². The van der Waals surface area contributed by atoms with Gasteiger partial charge in [-0.2, -0.15) is 0 Å². The lowest BCUT2D eigenvalue weighted by molar-refractivity contribution is 0.00954. The molecule has 2 atom stereocenters. The molecule has 0 aromatic rings. The normalized spacial score (nSPS) is 30.6. The summed E-state index contributed by atoms with van der Waals surface area (Å²) in [4.78, 5) is 13.8. The Morgan fingerprint density at radius 2 is 2.05 bits per heavy atom. The van der Waals surface area contributed by atoms with E-state index in [9.17, 15) is 18.3 Å². The van der Waals surface area contributed by atoms with Crippen molar-refractivity contribution in [2.75, 3.05) is 18.1 Å². The Morgan fingerprint density at radius 3 is 2.58 bits per heavy atom. The molecule has 0 unspecified atom stereocenters. The van der Waals surface area contributed by atoms with Crippen molar-refractivity contribution < 1.29 is 18.3 Å². The van der Waals surface area contributed by atoms with E-state index in [1.807, 2.05) is 0 Å². The van der Waals surface area contributed by atoms with Crippen LogP contribution in [-0.4, -0.2) is 60.2 Å². The van der Waals surface area contributed by atoms with Crippen LogP contribution in [0.4, 0.5) is 4.79 Å². The second kappa shape index (κ2) is 4.94. The maximum atomic E-state index is 12.2. The first-order chi connectivity index (χ1) is 8.69. The lowest BCUT2D eigenvalue weighted by Gasteiger charge is -2.34. The van der Waals surface area contributed by atoms with Crippen LogP contribution < -0.4 is 5.32 Å². The number of nitrogens with zero attached hydrogens (tertiary/aromatic N) is 1. The number of amides is 2. The topological polar surface area (TPSA) is 86.7 Å². The molecule has 7 heteroatoms. The third-order valence-electron chi connectivity index (χ3n) is 3.89. The Balaban J connectivity index is 1.97. The summed E-state index contributed by atoms with van der Waals surface area (Å²) in [6, 6.07) is -0.752. The van der Waals surface area contributed by atoms with E-state index in [-0.39, 0.29) is 29.6 Å².